The number of alkyl halides is 2. The first-order valence-electron chi connectivity index (χ1n) is 5.77. The van der Waals surface area contributed by atoms with Crippen molar-refractivity contribution < 1.29 is 8.78 Å². The number of benzene rings is 1. The van der Waals surface area contributed by atoms with Gasteiger partial charge in [-0.3, -0.25) is 4.90 Å². The molecule has 1 N–H and O–H groups in total. The highest BCUT2D eigenvalue weighted by Crippen LogP contribution is 2.20. The summed E-state index contributed by atoms with van der Waals surface area (Å²) in [7, 11) is 3.58. The maximum atomic E-state index is 12.4. The summed E-state index contributed by atoms with van der Waals surface area (Å²) < 4.78 is 24.7. The number of rotatable bonds is 6. The molecule has 0 spiro atoms. The predicted molar refractivity (Wildman–Crippen MR) is 66.3 cm³/mol. The van der Waals surface area contributed by atoms with E-state index >= 15 is 0 Å². The number of hydrogen-bond acceptors (Lipinski definition) is 2. The summed E-state index contributed by atoms with van der Waals surface area (Å²) in [5.74, 6) is 0. The van der Waals surface area contributed by atoms with E-state index < -0.39 is 6.43 Å². The third-order valence-corrected chi connectivity index (χ3v) is 3.07. The van der Waals surface area contributed by atoms with E-state index in [1.807, 2.05) is 44.3 Å². The molecule has 17 heavy (non-hydrogen) atoms. The second-order valence-electron chi connectivity index (χ2n) is 4.25. The van der Waals surface area contributed by atoms with Gasteiger partial charge in [0.2, 0.25) is 0 Å². The molecular weight excluding hydrogens is 222 g/mol. The monoisotopic (exact) mass is 242 g/mol. The Balaban J connectivity index is 2.74. The van der Waals surface area contributed by atoms with E-state index in [0.717, 1.165) is 5.56 Å². The van der Waals surface area contributed by atoms with Crippen LogP contribution in [0.2, 0.25) is 0 Å². The minimum absolute atomic E-state index is 0.0106. The summed E-state index contributed by atoms with van der Waals surface area (Å²) in [6.45, 7) is 1.75. The molecule has 0 aromatic heterocycles. The zero-order valence-corrected chi connectivity index (χ0v) is 10.5. The van der Waals surface area contributed by atoms with Crippen LogP contribution in [0.5, 0.6) is 0 Å². The maximum absolute atomic E-state index is 12.4. The third-order valence-electron chi connectivity index (χ3n) is 3.07. The van der Waals surface area contributed by atoms with Gasteiger partial charge in [0.05, 0.1) is 6.54 Å². The topological polar surface area (TPSA) is 15.3 Å². The molecule has 0 saturated heterocycles. The Bertz CT molecular complexity index is 316. The fraction of sp³-hybridized carbons (Fsp3) is 0.538. The van der Waals surface area contributed by atoms with Gasteiger partial charge < -0.3 is 5.32 Å². The van der Waals surface area contributed by atoms with Crippen molar-refractivity contribution in [1.82, 2.24) is 10.2 Å². The predicted octanol–water partition coefficient (Wildman–Crippen LogP) is 2.53. The number of nitrogens with zero attached hydrogens (tertiary/aromatic N) is 1. The van der Waals surface area contributed by atoms with Crippen molar-refractivity contribution in [3.8, 4) is 0 Å². The van der Waals surface area contributed by atoms with Gasteiger partial charge in [-0.1, -0.05) is 30.3 Å². The van der Waals surface area contributed by atoms with Gasteiger partial charge in [0.15, 0.2) is 0 Å². The first-order valence-corrected chi connectivity index (χ1v) is 5.77. The van der Waals surface area contributed by atoms with Crippen LogP contribution in [0.3, 0.4) is 0 Å². The quantitative estimate of drug-likeness (QED) is 0.824. The molecule has 2 nitrogen and oxygen atoms in total. The molecule has 96 valence electrons. The van der Waals surface area contributed by atoms with Crippen LogP contribution in [0.15, 0.2) is 30.3 Å². The molecule has 0 bridgehead atoms. The van der Waals surface area contributed by atoms with Crippen LogP contribution in [0.1, 0.15) is 18.5 Å². The summed E-state index contributed by atoms with van der Waals surface area (Å²) in [5.41, 5.74) is 1.11. The lowest BCUT2D eigenvalue weighted by Gasteiger charge is -2.31. The average Bonchev–Trinajstić information content (AvgIpc) is 2.30. The van der Waals surface area contributed by atoms with Crippen LogP contribution < -0.4 is 5.32 Å². The van der Waals surface area contributed by atoms with Gasteiger partial charge >= 0.3 is 0 Å². The lowest BCUT2D eigenvalue weighted by Crippen LogP contribution is -2.41. The van der Waals surface area contributed by atoms with Crippen molar-refractivity contribution in [2.24, 2.45) is 0 Å². The molecule has 0 saturated carbocycles. The van der Waals surface area contributed by atoms with Gasteiger partial charge in [-0.25, -0.2) is 8.78 Å². The number of likely N-dealkylation sites (N-methyl/N-ethyl adjacent to an activating group) is 2. The van der Waals surface area contributed by atoms with Crippen LogP contribution in [0.25, 0.3) is 0 Å². The van der Waals surface area contributed by atoms with Crippen LogP contribution >= 0.6 is 0 Å². The van der Waals surface area contributed by atoms with Crippen molar-refractivity contribution in [2.45, 2.75) is 25.4 Å². The second kappa shape index (κ2) is 6.67. The first-order chi connectivity index (χ1) is 8.06. The largest absolute Gasteiger partial charge is 0.312 e. The first kappa shape index (κ1) is 14.1. The maximum Gasteiger partial charge on any atom is 0.251 e. The van der Waals surface area contributed by atoms with Crippen LogP contribution in [0.4, 0.5) is 8.78 Å². The van der Waals surface area contributed by atoms with E-state index in [1.54, 1.807) is 11.9 Å². The van der Waals surface area contributed by atoms with Gasteiger partial charge in [-0.05, 0) is 26.6 Å². The fourth-order valence-corrected chi connectivity index (χ4v) is 1.99. The Morgan fingerprint density at radius 1 is 1.24 bits per heavy atom. The number of halogens is 2. The molecule has 0 radical (unpaired) electrons. The molecular formula is C13H20F2N2. The SMILES string of the molecule is CNC(c1ccccc1)C(C)N(C)CC(F)F. The van der Waals surface area contributed by atoms with Crippen LogP contribution in [0, 0.1) is 0 Å². The van der Waals surface area contributed by atoms with E-state index in [-0.39, 0.29) is 18.6 Å². The normalized spacial score (nSPS) is 15.2. The van der Waals surface area contributed by atoms with Gasteiger partial charge in [0.25, 0.3) is 6.43 Å². The second-order valence-corrected chi connectivity index (χ2v) is 4.25. The van der Waals surface area contributed by atoms with Gasteiger partial charge in [-0.2, -0.15) is 0 Å². The zero-order chi connectivity index (χ0) is 12.8. The van der Waals surface area contributed by atoms with Gasteiger partial charge in [-0.15, -0.1) is 0 Å². The number of nitrogens with one attached hydrogen (secondary N) is 1. The summed E-state index contributed by atoms with van der Waals surface area (Å²) >= 11 is 0. The molecule has 0 heterocycles. The van der Waals surface area contributed by atoms with E-state index in [0.29, 0.717) is 0 Å². The highest BCUT2D eigenvalue weighted by molar-refractivity contribution is 5.20. The Morgan fingerprint density at radius 2 is 1.82 bits per heavy atom. The van der Waals surface area contributed by atoms with Crippen molar-refractivity contribution in [3.05, 3.63) is 35.9 Å². The summed E-state index contributed by atoms with van der Waals surface area (Å²) in [4.78, 5) is 1.68. The smallest absolute Gasteiger partial charge is 0.251 e. The molecule has 0 fully saturated rings. The molecule has 0 amide bonds. The van der Waals surface area contributed by atoms with Gasteiger partial charge in [0, 0.05) is 12.1 Å². The fourth-order valence-electron chi connectivity index (χ4n) is 1.99. The highest BCUT2D eigenvalue weighted by Gasteiger charge is 2.22. The Hall–Kier alpha value is -1.00. The Kier molecular flexibility index (Phi) is 5.51. The summed E-state index contributed by atoms with van der Waals surface area (Å²) in [6, 6.07) is 9.95. The number of hydrogen-bond donors (Lipinski definition) is 1. The summed E-state index contributed by atoms with van der Waals surface area (Å²) in [6.07, 6.45) is -2.30. The summed E-state index contributed by atoms with van der Waals surface area (Å²) in [5, 5.41) is 3.19. The molecule has 0 aliphatic rings. The van der Waals surface area contributed by atoms with E-state index in [4.69, 9.17) is 0 Å². The zero-order valence-electron chi connectivity index (χ0n) is 10.5. The van der Waals surface area contributed by atoms with E-state index in [2.05, 4.69) is 5.32 Å². The molecule has 1 aromatic carbocycles. The molecule has 1 aromatic rings. The Labute approximate surface area is 102 Å². The van der Waals surface area contributed by atoms with Crippen molar-refractivity contribution in [1.29, 1.82) is 0 Å². The van der Waals surface area contributed by atoms with Gasteiger partial charge in [0.1, 0.15) is 0 Å². The van der Waals surface area contributed by atoms with Crippen molar-refractivity contribution in [3.63, 3.8) is 0 Å². The minimum atomic E-state index is -2.30. The highest BCUT2D eigenvalue weighted by atomic mass is 19.3. The lowest BCUT2D eigenvalue weighted by molar-refractivity contribution is 0.0755. The average molecular weight is 242 g/mol. The molecule has 1 rings (SSSR count). The Morgan fingerprint density at radius 3 is 2.29 bits per heavy atom. The molecule has 0 aliphatic carbocycles. The van der Waals surface area contributed by atoms with E-state index in [9.17, 15) is 8.78 Å². The van der Waals surface area contributed by atoms with Crippen molar-refractivity contribution >= 4 is 0 Å². The lowest BCUT2D eigenvalue weighted by atomic mass is 10.00. The molecule has 4 heteroatoms. The van der Waals surface area contributed by atoms with Crippen LogP contribution in [-0.4, -0.2) is 38.0 Å². The van der Waals surface area contributed by atoms with E-state index in [1.165, 1.54) is 0 Å². The van der Waals surface area contributed by atoms with Crippen LogP contribution in [-0.2, 0) is 0 Å². The van der Waals surface area contributed by atoms with Crippen molar-refractivity contribution in [2.75, 3.05) is 20.6 Å². The minimum Gasteiger partial charge on any atom is -0.312 e. The molecule has 2 atom stereocenters. The third kappa shape index (κ3) is 4.06. The standard InChI is InChI=1S/C13H20F2N2/c1-10(17(3)9-12(14)15)13(16-2)11-7-5-4-6-8-11/h4-8,10,12-13,16H,9H2,1-3H3. The molecule has 0 aliphatic heterocycles. The molecule has 2 unspecified atom stereocenters.